The normalized spacial score (nSPS) is 36.2. The number of fused-ring (bicyclic) bond motifs is 1. The predicted octanol–water partition coefficient (Wildman–Crippen LogP) is -2.01. The summed E-state index contributed by atoms with van der Waals surface area (Å²) in [4.78, 5) is 12.5. The van der Waals surface area contributed by atoms with Gasteiger partial charge in [0.1, 0.15) is 108 Å². The van der Waals surface area contributed by atoms with Gasteiger partial charge in [0, 0.05) is 17.7 Å². The van der Waals surface area contributed by atoms with Crippen molar-refractivity contribution in [3.05, 3.63) is 83.1 Å². The third-order valence-electron chi connectivity index (χ3n) is 10.6. The minimum Gasteiger partial charge on any atom is -0.508 e. The molecule has 21 nitrogen and oxygen atoms in total. The zero-order valence-corrected chi connectivity index (χ0v) is 32.0. The molecule has 61 heavy (non-hydrogen) atoms. The Balaban J connectivity index is 1.09. The lowest BCUT2D eigenvalue weighted by Crippen LogP contribution is -2.61. The van der Waals surface area contributed by atoms with Crippen molar-refractivity contribution in [3.8, 4) is 28.7 Å². The van der Waals surface area contributed by atoms with E-state index in [4.69, 9.17) is 37.9 Å². The van der Waals surface area contributed by atoms with Gasteiger partial charge in [0.25, 0.3) is 0 Å². The van der Waals surface area contributed by atoms with Crippen LogP contribution in [0.2, 0.25) is 0 Å². The second-order valence-electron chi connectivity index (χ2n) is 14.9. The van der Waals surface area contributed by atoms with Crippen LogP contribution in [0.25, 0.3) is 6.08 Å². The first-order valence-electron chi connectivity index (χ1n) is 19.0. The summed E-state index contributed by atoms with van der Waals surface area (Å²) >= 11 is 0. The number of aliphatic hydroxyl groups is 9. The molecule has 0 spiro atoms. The Morgan fingerprint density at radius 3 is 1.77 bits per heavy atom. The molecule has 3 aromatic carbocycles. The van der Waals surface area contributed by atoms with Crippen molar-refractivity contribution in [2.24, 2.45) is 0 Å². The Bertz CT molecular complexity index is 2010. The summed E-state index contributed by atoms with van der Waals surface area (Å²) in [5.74, 6) is -1.81. The van der Waals surface area contributed by atoms with Gasteiger partial charge in [-0.25, -0.2) is 4.79 Å². The van der Waals surface area contributed by atoms with Gasteiger partial charge in [0.2, 0.25) is 12.6 Å². The van der Waals surface area contributed by atoms with Gasteiger partial charge < -0.3 is 99.2 Å². The molecule has 16 atom stereocenters. The lowest BCUT2D eigenvalue weighted by molar-refractivity contribution is -0.324. The number of carbonyl (C=O) groups is 1. The number of hydrogen-bond acceptors (Lipinski definition) is 21. The molecule has 21 heteroatoms. The standard InChI is InChI=1S/C40H46O21/c1-15-27(44)30(47)33(50)38(56-15)55-14-26-29(46)32(49)35(52)40(61-26)59-24-12-21-22(43)10-20(11-23(21)58-36(24)16-2-6-18(41)7-3-16)57-39-34(51)31(48)28(45)25(60-39)13-54-37(53)17-4-8-19(42)9-5-17/h2-12,15,25-36,38-52H,13-14H2,1H3. The lowest BCUT2D eigenvalue weighted by Gasteiger charge is -2.43. The molecular weight excluding hydrogens is 816 g/mol. The molecule has 3 fully saturated rings. The van der Waals surface area contributed by atoms with Gasteiger partial charge in [-0.3, -0.25) is 0 Å². The Morgan fingerprint density at radius 2 is 1.15 bits per heavy atom. The fraction of sp³-hybridized carbons (Fsp3) is 0.475. The van der Waals surface area contributed by atoms with Gasteiger partial charge in [0.05, 0.1) is 23.8 Å². The van der Waals surface area contributed by atoms with E-state index in [-0.39, 0.29) is 39.9 Å². The number of rotatable bonds is 11. The molecule has 3 saturated heterocycles. The van der Waals surface area contributed by atoms with Gasteiger partial charge in [-0.05, 0) is 49.4 Å². The van der Waals surface area contributed by atoms with Gasteiger partial charge in [0.15, 0.2) is 12.4 Å². The highest BCUT2D eigenvalue weighted by atomic mass is 16.7. The van der Waals surface area contributed by atoms with Crippen LogP contribution in [0, 0.1) is 0 Å². The van der Waals surface area contributed by atoms with Gasteiger partial charge in [-0.15, -0.1) is 0 Å². The Labute approximate surface area is 345 Å². The first-order valence-corrected chi connectivity index (χ1v) is 19.0. The van der Waals surface area contributed by atoms with E-state index in [1.807, 2.05) is 0 Å². The monoisotopic (exact) mass is 862 g/mol. The first-order chi connectivity index (χ1) is 29.0. The van der Waals surface area contributed by atoms with Crippen LogP contribution in [0.4, 0.5) is 0 Å². The summed E-state index contributed by atoms with van der Waals surface area (Å²) in [6, 6.07) is 13.2. The van der Waals surface area contributed by atoms with Crippen molar-refractivity contribution in [1.82, 2.24) is 0 Å². The molecule has 0 radical (unpaired) electrons. The number of benzene rings is 3. The molecule has 0 aromatic heterocycles. The Morgan fingerprint density at radius 1 is 0.607 bits per heavy atom. The maximum absolute atomic E-state index is 12.5. The molecule has 12 N–H and O–H groups in total. The largest absolute Gasteiger partial charge is 0.508 e. The third kappa shape index (κ3) is 9.34. The summed E-state index contributed by atoms with van der Waals surface area (Å²) in [6.45, 7) is 0.292. The van der Waals surface area contributed by atoms with Crippen LogP contribution in [-0.2, 0) is 28.4 Å². The van der Waals surface area contributed by atoms with Crippen molar-refractivity contribution in [3.63, 3.8) is 0 Å². The second kappa shape index (κ2) is 18.2. The van der Waals surface area contributed by atoms with E-state index < -0.39 is 123 Å². The minimum absolute atomic E-state index is 0.000955. The number of esters is 1. The van der Waals surface area contributed by atoms with Gasteiger partial charge in [-0.1, -0.05) is 12.1 Å². The second-order valence-corrected chi connectivity index (χ2v) is 14.9. The maximum atomic E-state index is 12.5. The van der Waals surface area contributed by atoms with E-state index in [1.54, 1.807) is 0 Å². The predicted molar refractivity (Wildman–Crippen MR) is 199 cm³/mol. The average molecular weight is 863 g/mol. The van der Waals surface area contributed by atoms with Crippen LogP contribution in [0.3, 0.4) is 0 Å². The van der Waals surface area contributed by atoms with E-state index in [2.05, 4.69) is 0 Å². The van der Waals surface area contributed by atoms with Crippen LogP contribution in [0.5, 0.6) is 28.7 Å². The van der Waals surface area contributed by atoms with E-state index in [1.165, 1.54) is 67.6 Å². The molecule has 4 heterocycles. The molecule has 4 aliphatic rings. The van der Waals surface area contributed by atoms with Crippen molar-refractivity contribution >= 4 is 12.0 Å². The van der Waals surface area contributed by atoms with Crippen molar-refractivity contribution in [2.75, 3.05) is 13.2 Å². The van der Waals surface area contributed by atoms with Gasteiger partial charge >= 0.3 is 5.97 Å². The van der Waals surface area contributed by atoms with Crippen LogP contribution < -0.4 is 9.47 Å². The van der Waals surface area contributed by atoms with Crippen LogP contribution in [0.15, 0.2) is 66.4 Å². The smallest absolute Gasteiger partial charge is 0.338 e. The number of hydrogen-bond donors (Lipinski definition) is 12. The quantitative estimate of drug-likeness (QED) is 0.0927. The van der Waals surface area contributed by atoms with Crippen LogP contribution in [-0.4, -0.2) is 173 Å². The summed E-state index contributed by atoms with van der Waals surface area (Å²) in [5.41, 5.74) is 0.437. The van der Waals surface area contributed by atoms with E-state index >= 15 is 0 Å². The summed E-state index contributed by atoms with van der Waals surface area (Å²) < 4.78 is 45.8. The highest BCUT2D eigenvalue weighted by molar-refractivity contribution is 5.89. The molecular formula is C40H46O21. The molecule has 0 amide bonds. The average Bonchev–Trinajstić information content (AvgIpc) is 3.24. The molecule has 332 valence electrons. The Kier molecular flexibility index (Phi) is 13.2. The fourth-order valence-corrected chi connectivity index (χ4v) is 7.03. The maximum Gasteiger partial charge on any atom is 0.338 e. The third-order valence-corrected chi connectivity index (χ3v) is 10.6. The first kappa shape index (κ1) is 44.2. The molecule has 3 aromatic rings. The van der Waals surface area contributed by atoms with Crippen molar-refractivity contribution in [1.29, 1.82) is 0 Å². The Hall–Kier alpha value is -4.85. The van der Waals surface area contributed by atoms with E-state index in [9.17, 15) is 66.1 Å². The molecule has 0 aliphatic carbocycles. The molecule has 16 unspecified atom stereocenters. The molecule has 7 rings (SSSR count). The number of ether oxygens (including phenoxy) is 8. The summed E-state index contributed by atoms with van der Waals surface area (Å²) in [7, 11) is 0. The highest BCUT2D eigenvalue weighted by Gasteiger charge is 2.49. The number of phenolic OH excluding ortho intramolecular Hbond substituents is 3. The topological polar surface area (TPSA) is 334 Å². The minimum atomic E-state index is -1.87. The number of carbonyl (C=O) groups excluding carboxylic acids is 1. The van der Waals surface area contributed by atoms with Crippen molar-refractivity contribution < 1.29 is 104 Å². The zero-order chi connectivity index (χ0) is 43.9. The molecule has 0 saturated carbocycles. The fourth-order valence-electron chi connectivity index (χ4n) is 7.03. The number of aliphatic hydroxyl groups excluding tert-OH is 9. The van der Waals surface area contributed by atoms with E-state index in [0.29, 0.717) is 5.56 Å². The zero-order valence-electron chi connectivity index (χ0n) is 32.0. The highest BCUT2D eigenvalue weighted by Crippen LogP contribution is 2.45. The summed E-state index contributed by atoms with van der Waals surface area (Å²) in [5, 5.41) is 126. The summed E-state index contributed by atoms with van der Waals surface area (Å²) in [6.07, 6.45) is -24.1. The molecule has 0 bridgehead atoms. The van der Waals surface area contributed by atoms with Gasteiger partial charge in [-0.2, -0.15) is 0 Å². The van der Waals surface area contributed by atoms with Crippen molar-refractivity contribution in [2.45, 2.75) is 105 Å². The SMILES string of the molecule is CC1OC(OCC2OC(OC3=Cc4c(O)cc(OC5OC(COC(=O)c6ccc(O)cc6)C(O)C(O)C5O)cc4OC3c3ccc(O)cc3)C(O)C(O)C2O)C(O)C(O)C1O. The lowest BCUT2D eigenvalue weighted by atomic mass is 9.98. The van der Waals surface area contributed by atoms with E-state index in [0.717, 1.165) is 6.07 Å². The number of phenols is 3. The number of aromatic hydroxyl groups is 3. The van der Waals surface area contributed by atoms with Crippen LogP contribution >= 0.6 is 0 Å². The van der Waals surface area contributed by atoms with Crippen LogP contribution in [0.1, 0.15) is 34.5 Å². The molecule has 4 aliphatic heterocycles.